The first-order valence-electron chi connectivity index (χ1n) is 6.45. The van der Waals surface area contributed by atoms with Gasteiger partial charge in [-0.3, -0.25) is 4.79 Å². The first kappa shape index (κ1) is 15.8. The van der Waals surface area contributed by atoms with Gasteiger partial charge in [-0.2, -0.15) is 0 Å². The minimum atomic E-state index is -1.05. The molecule has 2 rings (SSSR count). The number of halogens is 1. The third-order valence-electron chi connectivity index (χ3n) is 3.32. The Bertz CT molecular complexity index is 548. The average Bonchev–Trinajstić information content (AvgIpc) is 2.47. The smallest absolute Gasteiger partial charge is 0.328 e. The number of morpholine rings is 1. The highest BCUT2D eigenvalue weighted by atomic mass is 79.9. The predicted molar refractivity (Wildman–Crippen MR) is 78.4 cm³/mol. The Balaban J connectivity index is 2.16. The summed E-state index contributed by atoms with van der Waals surface area (Å²) in [6, 6.07) is 4.46. The number of amides is 1. The molecular weight excluding hydrogens is 342 g/mol. The maximum Gasteiger partial charge on any atom is 0.328 e. The summed E-state index contributed by atoms with van der Waals surface area (Å²) < 4.78 is 11.2. The lowest BCUT2D eigenvalue weighted by Crippen LogP contribution is -2.53. The van der Waals surface area contributed by atoms with Gasteiger partial charge >= 0.3 is 5.97 Å². The van der Waals surface area contributed by atoms with Crippen molar-refractivity contribution < 1.29 is 24.2 Å². The van der Waals surface area contributed by atoms with Crippen molar-refractivity contribution in [2.45, 2.75) is 12.5 Å². The minimum Gasteiger partial charge on any atom is -0.496 e. The lowest BCUT2D eigenvalue weighted by Gasteiger charge is -2.33. The van der Waals surface area contributed by atoms with Crippen LogP contribution in [0, 0.1) is 0 Å². The molecule has 0 aliphatic carbocycles. The van der Waals surface area contributed by atoms with Crippen molar-refractivity contribution in [2.24, 2.45) is 0 Å². The molecule has 114 valence electrons. The van der Waals surface area contributed by atoms with E-state index >= 15 is 0 Å². The summed E-state index contributed by atoms with van der Waals surface area (Å²) in [7, 11) is 1.53. The largest absolute Gasteiger partial charge is 0.496 e. The van der Waals surface area contributed by atoms with Crippen LogP contribution in [0.25, 0.3) is 0 Å². The van der Waals surface area contributed by atoms with Crippen LogP contribution in [0.4, 0.5) is 0 Å². The van der Waals surface area contributed by atoms with Crippen LogP contribution >= 0.6 is 15.9 Å². The number of hydrogen-bond donors (Lipinski definition) is 1. The van der Waals surface area contributed by atoms with Crippen molar-refractivity contribution >= 4 is 27.8 Å². The number of carboxylic acids is 1. The third-order valence-corrected chi connectivity index (χ3v) is 3.81. The fraction of sp³-hybridized carbons (Fsp3) is 0.429. The Labute approximate surface area is 130 Å². The van der Waals surface area contributed by atoms with Crippen molar-refractivity contribution in [3.63, 3.8) is 0 Å². The van der Waals surface area contributed by atoms with E-state index in [1.54, 1.807) is 12.1 Å². The molecule has 1 N–H and O–H groups in total. The second-order valence-corrected chi connectivity index (χ2v) is 5.56. The summed E-state index contributed by atoms with van der Waals surface area (Å²) in [4.78, 5) is 24.9. The van der Waals surface area contributed by atoms with Crippen LogP contribution in [0.2, 0.25) is 0 Å². The van der Waals surface area contributed by atoms with Gasteiger partial charge in [0.15, 0.2) is 6.04 Å². The zero-order valence-electron chi connectivity index (χ0n) is 11.5. The molecule has 1 heterocycles. The quantitative estimate of drug-likeness (QED) is 0.879. The topological polar surface area (TPSA) is 76.1 Å². The number of carbonyl (C=O) groups excluding carboxylic acids is 1. The van der Waals surface area contributed by atoms with Crippen molar-refractivity contribution in [2.75, 3.05) is 26.9 Å². The first-order valence-corrected chi connectivity index (χ1v) is 7.24. The van der Waals surface area contributed by atoms with Gasteiger partial charge in [0.2, 0.25) is 5.91 Å². The zero-order valence-corrected chi connectivity index (χ0v) is 13.1. The summed E-state index contributed by atoms with van der Waals surface area (Å²) in [6.07, 6.45) is 0.0897. The number of ether oxygens (including phenoxy) is 2. The maximum absolute atomic E-state index is 12.4. The van der Waals surface area contributed by atoms with E-state index in [-0.39, 0.29) is 25.5 Å². The van der Waals surface area contributed by atoms with E-state index in [2.05, 4.69) is 15.9 Å². The molecule has 1 fully saturated rings. The van der Waals surface area contributed by atoms with Crippen molar-refractivity contribution in [3.8, 4) is 5.75 Å². The van der Waals surface area contributed by atoms with E-state index in [4.69, 9.17) is 14.6 Å². The molecule has 1 atom stereocenters. The molecule has 1 aliphatic heterocycles. The molecule has 0 spiro atoms. The third kappa shape index (κ3) is 3.74. The molecular formula is C14H16BrNO5. The van der Waals surface area contributed by atoms with Gasteiger partial charge in [0.1, 0.15) is 5.75 Å². The van der Waals surface area contributed by atoms with Crippen LogP contribution in [0.5, 0.6) is 5.75 Å². The van der Waals surface area contributed by atoms with Gasteiger partial charge in [-0.05, 0) is 18.2 Å². The number of benzene rings is 1. The van der Waals surface area contributed by atoms with Crippen LogP contribution in [-0.2, 0) is 20.7 Å². The lowest BCUT2D eigenvalue weighted by atomic mass is 10.1. The van der Waals surface area contributed by atoms with Gasteiger partial charge in [0.25, 0.3) is 0 Å². The maximum atomic E-state index is 12.4. The molecule has 21 heavy (non-hydrogen) atoms. The molecule has 0 aromatic heterocycles. The standard InChI is InChI=1S/C14H16BrNO5/c1-20-12-3-2-10(15)6-9(12)7-13(17)16-4-5-21-8-11(16)14(18)19/h2-3,6,11H,4-5,7-8H2,1H3,(H,18,19)/t11-/m0/s1. The normalized spacial score (nSPS) is 18.4. The summed E-state index contributed by atoms with van der Waals surface area (Å²) in [6.45, 7) is 0.661. The molecule has 1 amide bonds. The number of nitrogens with zero attached hydrogens (tertiary/aromatic N) is 1. The van der Waals surface area contributed by atoms with Crippen LogP contribution < -0.4 is 4.74 Å². The summed E-state index contributed by atoms with van der Waals surface area (Å²) in [5.41, 5.74) is 0.715. The first-order chi connectivity index (χ1) is 10.0. The van der Waals surface area contributed by atoms with E-state index in [0.29, 0.717) is 17.9 Å². The van der Waals surface area contributed by atoms with E-state index in [1.807, 2.05) is 6.07 Å². The van der Waals surface area contributed by atoms with E-state index in [9.17, 15) is 9.59 Å². The number of hydrogen-bond acceptors (Lipinski definition) is 4. The van der Waals surface area contributed by atoms with Gasteiger partial charge < -0.3 is 19.5 Å². The Kier molecular flexibility index (Phi) is 5.19. The zero-order chi connectivity index (χ0) is 15.4. The Morgan fingerprint density at radius 1 is 1.52 bits per heavy atom. The van der Waals surface area contributed by atoms with Crippen molar-refractivity contribution in [1.29, 1.82) is 0 Å². The molecule has 1 aliphatic rings. The van der Waals surface area contributed by atoms with E-state index < -0.39 is 12.0 Å². The number of methoxy groups -OCH3 is 1. The Morgan fingerprint density at radius 2 is 2.29 bits per heavy atom. The van der Waals surface area contributed by atoms with Gasteiger partial charge in [0.05, 0.1) is 26.7 Å². The fourth-order valence-electron chi connectivity index (χ4n) is 2.26. The molecule has 1 aromatic rings. The van der Waals surface area contributed by atoms with Crippen LogP contribution in [-0.4, -0.2) is 54.8 Å². The average molecular weight is 358 g/mol. The Morgan fingerprint density at radius 3 is 2.95 bits per heavy atom. The number of carboxylic acid groups (broad SMARTS) is 1. The molecule has 0 radical (unpaired) electrons. The highest BCUT2D eigenvalue weighted by Gasteiger charge is 2.32. The molecule has 1 aromatic carbocycles. The second-order valence-electron chi connectivity index (χ2n) is 4.65. The van der Waals surface area contributed by atoms with Crippen LogP contribution in [0.15, 0.2) is 22.7 Å². The molecule has 6 nitrogen and oxygen atoms in total. The molecule has 0 saturated carbocycles. The van der Waals surface area contributed by atoms with E-state index in [0.717, 1.165) is 4.47 Å². The second kappa shape index (κ2) is 6.91. The monoisotopic (exact) mass is 357 g/mol. The van der Waals surface area contributed by atoms with Gasteiger partial charge in [-0.15, -0.1) is 0 Å². The molecule has 0 unspecified atom stereocenters. The molecule has 1 saturated heterocycles. The highest BCUT2D eigenvalue weighted by Crippen LogP contribution is 2.24. The number of rotatable bonds is 4. The van der Waals surface area contributed by atoms with Crippen molar-refractivity contribution in [1.82, 2.24) is 4.90 Å². The fourth-order valence-corrected chi connectivity index (χ4v) is 2.67. The lowest BCUT2D eigenvalue weighted by molar-refractivity contribution is -0.158. The number of carbonyl (C=O) groups is 2. The van der Waals surface area contributed by atoms with Gasteiger partial charge in [-0.25, -0.2) is 4.79 Å². The van der Waals surface area contributed by atoms with Crippen LogP contribution in [0.1, 0.15) is 5.56 Å². The summed E-state index contributed by atoms with van der Waals surface area (Å²) in [5, 5.41) is 9.16. The van der Waals surface area contributed by atoms with Crippen LogP contribution in [0.3, 0.4) is 0 Å². The predicted octanol–water partition coefficient (Wildman–Crippen LogP) is 1.31. The minimum absolute atomic E-state index is 0.0245. The Hall–Kier alpha value is -1.60. The van der Waals surface area contributed by atoms with Gasteiger partial charge in [0, 0.05) is 16.6 Å². The summed E-state index contributed by atoms with van der Waals surface area (Å²) in [5.74, 6) is -0.696. The highest BCUT2D eigenvalue weighted by molar-refractivity contribution is 9.10. The van der Waals surface area contributed by atoms with Gasteiger partial charge in [-0.1, -0.05) is 15.9 Å². The molecule has 0 bridgehead atoms. The summed E-state index contributed by atoms with van der Waals surface area (Å²) >= 11 is 3.35. The SMILES string of the molecule is COc1ccc(Br)cc1CC(=O)N1CCOC[C@H]1C(=O)O. The molecule has 7 heteroatoms. The van der Waals surface area contributed by atoms with Crippen molar-refractivity contribution in [3.05, 3.63) is 28.2 Å². The number of aliphatic carboxylic acids is 1. The van der Waals surface area contributed by atoms with E-state index in [1.165, 1.54) is 12.0 Å².